The molecular weight excluding hydrogens is 432 g/mol. The zero-order valence-corrected chi connectivity index (χ0v) is 19.3. The van der Waals surface area contributed by atoms with Crippen LogP contribution in [0.15, 0.2) is 24.3 Å². The smallest absolute Gasteiger partial charge is 0.315 e. The van der Waals surface area contributed by atoms with Gasteiger partial charge >= 0.3 is 6.03 Å². The number of ether oxygens (including phenoxy) is 1. The normalized spacial score (nSPS) is 18.1. The molecule has 0 unspecified atom stereocenters. The van der Waals surface area contributed by atoms with Crippen LogP contribution in [-0.4, -0.2) is 63.6 Å². The lowest BCUT2D eigenvalue weighted by molar-refractivity contribution is -0.121. The van der Waals surface area contributed by atoms with E-state index in [0.717, 1.165) is 31.2 Å². The highest BCUT2D eigenvalue weighted by atomic mass is 32.2. The number of hydrogen-bond donors (Lipinski definition) is 3. The van der Waals surface area contributed by atoms with E-state index < -0.39 is 10.0 Å². The van der Waals surface area contributed by atoms with Crippen molar-refractivity contribution in [2.75, 3.05) is 32.8 Å². The van der Waals surface area contributed by atoms with Crippen molar-refractivity contribution >= 4 is 22.0 Å². The molecule has 1 heterocycles. The number of sulfonamides is 1. The number of carbonyl (C=O) groups excluding carboxylic acids is 2. The van der Waals surface area contributed by atoms with E-state index in [1.165, 1.54) is 10.7 Å². The van der Waals surface area contributed by atoms with Gasteiger partial charge in [-0.3, -0.25) is 4.79 Å². The van der Waals surface area contributed by atoms with Crippen LogP contribution in [-0.2, 0) is 31.9 Å². The Kier molecular flexibility index (Phi) is 9.31. The first-order chi connectivity index (χ1) is 15.4. The minimum Gasteiger partial charge on any atom is -0.379 e. The van der Waals surface area contributed by atoms with E-state index in [9.17, 15) is 18.0 Å². The molecule has 1 aliphatic carbocycles. The Bertz CT molecular complexity index is 865. The third-order valence-electron chi connectivity index (χ3n) is 5.87. The molecule has 10 heteroatoms. The molecule has 9 nitrogen and oxygen atoms in total. The first-order valence-electron chi connectivity index (χ1n) is 11.4. The standard InChI is InChI=1S/C22H34N4O5S/c27-21(10-11-23-22(28)25-20-8-2-1-3-9-20)24-16-18-6-4-5-7-19(18)17-32(29,30)26-12-14-31-15-13-26/h4-7,20H,1-3,8-17H2,(H,24,27)(H2,23,25,28). The Morgan fingerprint density at radius 3 is 2.41 bits per heavy atom. The third-order valence-corrected chi connectivity index (χ3v) is 7.70. The summed E-state index contributed by atoms with van der Waals surface area (Å²) in [5.41, 5.74) is 1.44. The summed E-state index contributed by atoms with van der Waals surface area (Å²) in [5, 5.41) is 8.51. The molecule has 0 aromatic heterocycles. The lowest BCUT2D eigenvalue weighted by Gasteiger charge is -2.26. The summed E-state index contributed by atoms with van der Waals surface area (Å²) in [4.78, 5) is 24.2. The van der Waals surface area contributed by atoms with Gasteiger partial charge in [-0.05, 0) is 24.0 Å². The highest BCUT2D eigenvalue weighted by Crippen LogP contribution is 2.18. The minimum absolute atomic E-state index is 0.109. The molecule has 1 saturated carbocycles. The van der Waals surface area contributed by atoms with E-state index in [1.54, 1.807) is 12.1 Å². The van der Waals surface area contributed by atoms with Gasteiger partial charge < -0.3 is 20.7 Å². The van der Waals surface area contributed by atoms with Crippen LogP contribution >= 0.6 is 0 Å². The topological polar surface area (TPSA) is 117 Å². The van der Waals surface area contributed by atoms with Crippen molar-refractivity contribution in [3.63, 3.8) is 0 Å². The number of nitrogens with one attached hydrogen (secondary N) is 3. The highest BCUT2D eigenvalue weighted by molar-refractivity contribution is 7.88. The molecule has 1 saturated heterocycles. The van der Waals surface area contributed by atoms with Crippen LogP contribution in [0.1, 0.15) is 49.7 Å². The van der Waals surface area contributed by atoms with Crippen LogP contribution in [0.5, 0.6) is 0 Å². The number of nitrogens with zero attached hydrogens (tertiary/aromatic N) is 1. The molecule has 2 fully saturated rings. The molecule has 0 spiro atoms. The maximum Gasteiger partial charge on any atom is 0.315 e. The number of rotatable bonds is 9. The van der Waals surface area contributed by atoms with E-state index in [4.69, 9.17) is 4.74 Å². The molecular formula is C22H34N4O5S. The van der Waals surface area contributed by atoms with Gasteiger partial charge in [0.15, 0.2) is 0 Å². The molecule has 1 aromatic rings. The third kappa shape index (κ3) is 7.75. The summed E-state index contributed by atoms with van der Waals surface area (Å²) in [6.45, 7) is 2.03. The second-order valence-electron chi connectivity index (χ2n) is 8.30. The van der Waals surface area contributed by atoms with E-state index >= 15 is 0 Å². The monoisotopic (exact) mass is 466 g/mol. The number of morpholine rings is 1. The Hall–Kier alpha value is -2.17. The van der Waals surface area contributed by atoms with Gasteiger partial charge in [-0.2, -0.15) is 4.31 Å². The van der Waals surface area contributed by atoms with Crippen LogP contribution in [0.3, 0.4) is 0 Å². The van der Waals surface area contributed by atoms with Gasteiger partial charge in [-0.25, -0.2) is 13.2 Å². The van der Waals surface area contributed by atoms with Crippen molar-refractivity contribution in [3.05, 3.63) is 35.4 Å². The predicted molar refractivity (Wildman–Crippen MR) is 121 cm³/mol. The number of amides is 3. The molecule has 3 N–H and O–H groups in total. The average molecular weight is 467 g/mol. The summed E-state index contributed by atoms with van der Waals surface area (Å²) in [6.07, 6.45) is 5.68. The quantitative estimate of drug-likeness (QED) is 0.510. The highest BCUT2D eigenvalue weighted by Gasteiger charge is 2.25. The SMILES string of the molecule is O=C(CCNC(=O)NC1CCCCC1)NCc1ccccc1CS(=O)(=O)N1CCOCC1. The fourth-order valence-electron chi connectivity index (χ4n) is 4.04. The summed E-state index contributed by atoms with van der Waals surface area (Å²) < 4.78 is 32.1. The molecule has 3 rings (SSSR count). The van der Waals surface area contributed by atoms with E-state index in [2.05, 4.69) is 16.0 Å². The van der Waals surface area contributed by atoms with Gasteiger partial charge in [0, 0.05) is 38.6 Å². The fourth-order valence-corrected chi connectivity index (χ4v) is 5.60. The van der Waals surface area contributed by atoms with Crippen molar-refractivity contribution in [2.45, 2.75) is 56.9 Å². The second kappa shape index (κ2) is 12.2. The maximum absolute atomic E-state index is 12.7. The van der Waals surface area contributed by atoms with Gasteiger partial charge in [0.25, 0.3) is 0 Å². The molecule has 0 atom stereocenters. The van der Waals surface area contributed by atoms with Crippen LogP contribution in [0.4, 0.5) is 4.79 Å². The molecule has 3 amide bonds. The summed E-state index contributed by atoms with van der Waals surface area (Å²) >= 11 is 0. The molecule has 1 aliphatic heterocycles. The lowest BCUT2D eigenvalue weighted by atomic mass is 9.96. The van der Waals surface area contributed by atoms with Gasteiger partial charge in [0.2, 0.25) is 15.9 Å². The number of urea groups is 1. The van der Waals surface area contributed by atoms with Gasteiger partial charge in [0.05, 0.1) is 19.0 Å². The molecule has 0 radical (unpaired) electrons. The number of carbonyl (C=O) groups is 2. The van der Waals surface area contributed by atoms with E-state index in [-0.39, 0.29) is 43.2 Å². The van der Waals surface area contributed by atoms with Gasteiger partial charge in [-0.1, -0.05) is 43.5 Å². The van der Waals surface area contributed by atoms with Crippen molar-refractivity contribution in [1.82, 2.24) is 20.3 Å². The Morgan fingerprint density at radius 1 is 1.00 bits per heavy atom. The zero-order chi connectivity index (χ0) is 22.8. The fraction of sp³-hybridized carbons (Fsp3) is 0.636. The molecule has 178 valence electrons. The van der Waals surface area contributed by atoms with Crippen LogP contribution in [0.2, 0.25) is 0 Å². The summed E-state index contributed by atoms with van der Waals surface area (Å²) in [7, 11) is -3.45. The maximum atomic E-state index is 12.7. The molecule has 2 aliphatic rings. The first kappa shape index (κ1) is 24.5. The summed E-state index contributed by atoms with van der Waals surface area (Å²) in [5.74, 6) is -0.309. The van der Waals surface area contributed by atoms with Gasteiger partial charge in [-0.15, -0.1) is 0 Å². The average Bonchev–Trinajstić information content (AvgIpc) is 2.79. The predicted octanol–water partition coefficient (Wildman–Crippen LogP) is 1.49. The summed E-state index contributed by atoms with van der Waals surface area (Å²) in [6, 6.07) is 7.20. The van der Waals surface area contributed by atoms with Crippen molar-refractivity contribution in [3.8, 4) is 0 Å². The lowest BCUT2D eigenvalue weighted by Crippen LogP contribution is -2.43. The van der Waals surface area contributed by atoms with Crippen molar-refractivity contribution in [2.24, 2.45) is 0 Å². The first-order valence-corrected chi connectivity index (χ1v) is 13.0. The minimum atomic E-state index is -3.45. The van der Waals surface area contributed by atoms with E-state index in [1.807, 2.05) is 12.1 Å². The number of benzene rings is 1. The van der Waals surface area contributed by atoms with Crippen LogP contribution in [0, 0.1) is 0 Å². The van der Waals surface area contributed by atoms with Crippen LogP contribution in [0.25, 0.3) is 0 Å². The molecule has 0 bridgehead atoms. The van der Waals surface area contributed by atoms with Gasteiger partial charge in [0.1, 0.15) is 0 Å². The van der Waals surface area contributed by atoms with Crippen molar-refractivity contribution < 1.29 is 22.7 Å². The Balaban J connectivity index is 1.42. The Labute approximate surface area is 190 Å². The van der Waals surface area contributed by atoms with E-state index in [0.29, 0.717) is 31.9 Å². The Morgan fingerprint density at radius 2 is 1.69 bits per heavy atom. The van der Waals surface area contributed by atoms with Crippen LogP contribution < -0.4 is 16.0 Å². The second-order valence-corrected chi connectivity index (χ2v) is 10.3. The number of hydrogen-bond acceptors (Lipinski definition) is 5. The largest absolute Gasteiger partial charge is 0.379 e. The molecule has 1 aromatic carbocycles. The van der Waals surface area contributed by atoms with Crippen molar-refractivity contribution in [1.29, 1.82) is 0 Å². The molecule has 32 heavy (non-hydrogen) atoms. The zero-order valence-electron chi connectivity index (χ0n) is 18.5.